The van der Waals surface area contributed by atoms with Gasteiger partial charge in [0.15, 0.2) is 0 Å². The van der Waals surface area contributed by atoms with E-state index in [0.717, 1.165) is 0 Å². The minimum Gasteiger partial charge on any atom is -0.481 e. The molecular weight excluding hydrogens is 251 g/mol. The third kappa shape index (κ3) is 3.37. The van der Waals surface area contributed by atoms with Crippen molar-refractivity contribution in [2.24, 2.45) is 0 Å². The lowest BCUT2D eigenvalue weighted by Gasteiger charge is -2.12. The number of halogens is 2. The Balaban J connectivity index is 2.92. The smallest absolute Gasteiger partial charge is 0.310 e. The zero-order valence-electron chi connectivity index (χ0n) is 8.49. The summed E-state index contributed by atoms with van der Waals surface area (Å²) in [6.07, 6.45) is 0.820. The minimum absolute atomic E-state index is 0.0227. The molecule has 0 aromatic heterocycles. The number of aliphatic carboxylic acids is 1. The predicted molar refractivity (Wildman–Crippen MR) is 63.2 cm³/mol. The molecule has 1 aromatic carbocycles. The molecule has 0 aliphatic rings. The van der Waals surface area contributed by atoms with Gasteiger partial charge in [-0.2, -0.15) is 0 Å². The maximum absolute atomic E-state index is 11.0. The number of hydrogen-bond acceptors (Lipinski definition) is 2. The van der Waals surface area contributed by atoms with Crippen molar-refractivity contribution in [3.63, 3.8) is 0 Å². The van der Waals surface area contributed by atoms with Gasteiger partial charge in [-0.15, -0.1) is 0 Å². The van der Waals surface area contributed by atoms with Gasteiger partial charge in [-0.05, 0) is 30.5 Å². The first kappa shape index (κ1) is 13.3. The standard InChI is InChI=1S/C11H12Cl2O3/c12-9-4-3-7(6-10(9)13)8(11(15)16)2-1-5-14/h3-4,6,8,14H,1-2,5H2,(H,15,16). The van der Waals surface area contributed by atoms with Crippen molar-refractivity contribution in [1.29, 1.82) is 0 Å². The molecule has 0 fully saturated rings. The number of carbonyl (C=O) groups is 1. The van der Waals surface area contributed by atoms with Crippen LogP contribution in [0.3, 0.4) is 0 Å². The number of carboxylic acids is 1. The Morgan fingerprint density at radius 3 is 2.50 bits per heavy atom. The maximum atomic E-state index is 11.0. The van der Waals surface area contributed by atoms with Gasteiger partial charge >= 0.3 is 5.97 Å². The second-order valence-electron chi connectivity index (χ2n) is 3.43. The number of aliphatic hydroxyl groups excluding tert-OH is 1. The highest BCUT2D eigenvalue weighted by Crippen LogP contribution is 2.28. The van der Waals surface area contributed by atoms with E-state index in [0.29, 0.717) is 28.5 Å². The summed E-state index contributed by atoms with van der Waals surface area (Å²) in [4.78, 5) is 11.0. The highest BCUT2D eigenvalue weighted by Gasteiger charge is 2.19. The SMILES string of the molecule is O=C(O)C(CCCO)c1ccc(Cl)c(Cl)c1. The molecule has 0 radical (unpaired) electrons. The first-order valence-corrected chi connectivity index (χ1v) is 5.60. The first-order valence-electron chi connectivity index (χ1n) is 4.85. The second-order valence-corrected chi connectivity index (χ2v) is 4.24. The van der Waals surface area contributed by atoms with Crippen molar-refractivity contribution in [1.82, 2.24) is 0 Å². The van der Waals surface area contributed by atoms with Crippen LogP contribution in [-0.2, 0) is 4.79 Å². The Morgan fingerprint density at radius 1 is 1.31 bits per heavy atom. The van der Waals surface area contributed by atoms with Crippen LogP contribution in [0.1, 0.15) is 24.3 Å². The molecule has 3 nitrogen and oxygen atoms in total. The average molecular weight is 263 g/mol. The Labute approximate surface area is 104 Å². The van der Waals surface area contributed by atoms with Crippen LogP contribution in [0, 0.1) is 0 Å². The average Bonchev–Trinajstić information content (AvgIpc) is 2.23. The van der Waals surface area contributed by atoms with E-state index in [9.17, 15) is 4.79 Å². The van der Waals surface area contributed by atoms with Gasteiger partial charge in [0.25, 0.3) is 0 Å². The molecule has 0 amide bonds. The Hall–Kier alpha value is -0.770. The van der Waals surface area contributed by atoms with Crippen molar-refractivity contribution in [2.75, 3.05) is 6.61 Å². The molecule has 1 unspecified atom stereocenters. The molecule has 16 heavy (non-hydrogen) atoms. The fourth-order valence-corrected chi connectivity index (χ4v) is 1.76. The first-order chi connectivity index (χ1) is 7.56. The van der Waals surface area contributed by atoms with Gasteiger partial charge < -0.3 is 10.2 Å². The van der Waals surface area contributed by atoms with Crippen molar-refractivity contribution >= 4 is 29.2 Å². The highest BCUT2D eigenvalue weighted by molar-refractivity contribution is 6.42. The normalized spacial score (nSPS) is 12.4. The van der Waals surface area contributed by atoms with Crippen LogP contribution in [0.5, 0.6) is 0 Å². The largest absolute Gasteiger partial charge is 0.481 e. The van der Waals surface area contributed by atoms with Crippen molar-refractivity contribution in [3.05, 3.63) is 33.8 Å². The molecule has 0 heterocycles. The van der Waals surface area contributed by atoms with Gasteiger partial charge in [-0.1, -0.05) is 29.3 Å². The van der Waals surface area contributed by atoms with E-state index in [1.165, 1.54) is 0 Å². The minimum atomic E-state index is -0.924. The molecule has 1 aromatic rings. The van der Waals surface area contributed by atoms with Gasteiger partial charge in [-0.25, -0.2) is 0 Å². The monoisotopic (exact) mass is 262 g/mol. The number of rotatable bonds is 5. The van der Waals surface area contributed by atoms with Crippen LogP contribution in [0.2, 0.25) is 10.0 Å². The third-order valence-electron chi connectivity index (χ3n) is 2.30. The summed E-state index contributed by atoms with van der Waals surface area (Å²) in [5.41, 5.74) is 0.607. The van der Waals surface area contributed by atoms with E-state index < -0.39 is 11.9 Å². The molecule has 5 heteroatoms. The van der Waals surface area contributed by atoms with Gasteiger partial charge in [0.05, 0.1) is 16.0 Å². The molecule has 0 saturated carbocycles. The van der Waals surface area contributed by atoms with Gasteiger partial charge in [0.2, 0.25) is 0 Å². The van der Waals surface area contributed by atoms with Crippen LogP contribution in [0.25, 0.3) is 0 Å². The zero-order valence-corrected chi connectivity index (χ0v) is 10.0. The number of aliphatic hydroxyl groups is 1. The van der Waals surface area contributed by atoms with Crippen LogP contribution in [0.4, 0.5) is 0 Å². The van der Waals surface area contributed by atoms with Gasteiger partial charge in [0, 0.05) is 6.61 Å². The van der Waals surface area contributed by atoms with Crippen molar-refractivity contribution in [3.8, 4) is 0 Å². The van der Waals surface area contributed by atoms with E-state index in [2.05, 4.69) is 0 Å². The zero-order chi connectivity index (χ0) is 12.1. The molecule has 0 saturated heterocycles. The van der Waals surface area contributed by atoms with E-state index in [-0.39, 0.29) is 6.61 Å². The van der Waals surface area contributed by atoms with E-state index in [4.69, 9.17) is 33.4 Å². The summed E-state index contributed by atoms with van der Waals surface area (Å²) in [5.74, 6) is -1.58. The maximum Gasteiger partial charge on any atom is 0.310 e. The number of benzene rings is 1. The van der Waals surface area contributed by atoms with E-state index >= 15 is 0 Å². The summed E-state index contributed by atoms with van der Waals surface area (Å²) in [7, 11) is 0. The fraction of sp³-hybridized carbons (Fsp3) is 0.364. The summed E-state index contributed by atoms with van der Waals surface area (Å²) < 4.78 is 0. The summed E-state index contributed by atoms with van der Waals surface area (Å²) >= 11 is 11.6. The Morgan fingerprint density at radius 2 is 2.00 bits per heavy atom. The van der Waals surface area contributed by atoms with Crippen LogP contribution in [-0.4, -0.2) is 22.8 Å². The molecule has 88 valence electrons. The van der Waals surface area contributed by atoms with Crippen molar-refractivity contribution < 1.29 is 15.0 Å². The number of hydrogen-bond donors (Lipinski definition) is 2. The summed E-state index contributed by atoms with van der Waals surface area (Å²) in [6.45, 7) is -0.0227. The van der Waals surface area contributed by atoms with Gasteiger partial charge in [0.1, 0.15) is 0 Å². The van der Waals surface area contributed by atoms with Crippen molar-refractivity contribution in [2.45, 2.75) is 18.8 Å². The lowest BCUT2D eigenvalue weighted by molar-refractivity contribution is -0.139. The Kier molecular flexibility index (Phi) is 5.06. The van der Waals surface area contributed by atoms with Gasteiger partial charge in [-0.3, -0.25) is 4.79 Å². The molecule has 1 rings (SSSR count). The molecule has 0 aliphatic carbocycles. The highest BCUT2D eigenvalue weighted by atomic mass is 35.5. The summed E-state index contributed by atoms with van der Waals surface area (Å²) in [6, 6.07) is 4.78. The third-order valence-corrected chi connectivity index (χ3v) is 3.03. The topological polar surface area (TPSA) is 57.5 Å². The van der Waals surface area contributed by atoms with E-state index in [1.54, 1.807) is 18.2 Å². The summed E-state index contributed by atoms with van der Waals surface area (Å²) in [5, 5.41) is 18.5. The lowest BCUT2D eigenvalue weighted by atomic mass is 9.94. The fourth-order valence-electron chi connectivity index (χ4n) is 1.46. The Bertz CT molecular complexity index is 379. The van der Waals surface area contributed by atoms with Crippen LogP contribution < -0.4 is 0 Å². The number of carboxylic acid groups (broad SMARTS) is 1. The molecule has 2 N–H and O–H groups in total. The molecule has 0 bridgehead atoms. The van der Waals surface area contributed by atoms with Crippen LogP contribution in [0.15, 0.2) is 18.2 Å². The van der Waals surface area contributed by atoms with E-state index in [1.807, 2.05) is 0 Å². The molecule has 0 spiro atoms. The second kappa shape index (κ2) is 6.09. The molecule has 0 aliphatic heterocycles. The lowest BCUT2D eigenvalue weighted by Crippen LogP contribution is -2.12. The van der Waals surface area contributed by atoms with Crippen LogP contribution >= 0.6 is 23.2 Å². The quantitative estimate of drug-likeness (QED) is 0.858. The molecule has 1 atom stereocenters. The molecular formula is C11H12Cl2O3. The predicted octanol–water partition coefficient (Wildman–Crippen LogP) is 2.93.